The maximum absolute atomic E-state index is 12.0. The molecule has 0 saturated heterocycles. The third-order valence-corrected chi connectivity index (χ3v) is 3.04. The van der Waals surface area contributed by atoms with Crippen LogP contribution in [-0.2, 0) is 9.59 Å². The molecule has 1 rings (SSSR count). The van der Waals surface area contributed by atoms with E-state index in [4.69, 9.17) is 11.6 Å². The lowest BCUT2D eigenvalue weighted by atomic mass is 10.2. The maximum Gasteiger partial charge on any atom is 0.294 e. The minimum Gasteiger partial charge on any atom is -0.349 e. The molecule has 0 radical (unpaired) electrons. The zero-order valence-corrected chi connectivity index (χ0v) is 13.9. The number of halogens is 1. The fourth-order valence-corrected chi connectivity index (χ4v) is 2.11. The maximum atomic E-state index is 12.0. The van der Waals surface area contributed by atoms with E-state index in [1.54, 1.807) is 7.05 Å². The van der Waals surface area contributed by atoms with E-state index in [2.05, 4.69) is 10.6 Å². The van der Waals surface area contributed by atoms with Gasteiger partial charge in [0.2, 0.25) is 0 Å². The number of nitrogens with one attached hydrogen (secondary N) is 3. The van der Waals surface area contributed by atoms with Gasteiger partial charge in [0.05, 0.1) is 12.0 Å². The lowest BCUT2D eigenvalue weighted by Gasteiger charge is -2.15. The number of benzene rings is 1. The largest absolute Gasteiger partial charge is 0.349 e. The van der Waals surface area contributed by atoms with Crippen molar-refractivity contribution in [2.45, 2.75) is 19.9 Å². The summed E-state index contributed by atoms with van der Waals surface area (Å²) >= 11 is 5.71. The molecule has 9 heteroatoms. The first-order valence-electron chi connectivity index (χ1n) is 7.03. The number of quaternary nitrogens is 1. The van der Waals surface area contributed by atoms with Gasteiger partial charge in [-0.3, -0.25) is 19.7 Å². The van der Waals surface area contributed by atoms with Gasteiger partial charge in [0.15, 0.2) is 13.1 Å². The van der Waals surface area contributed by atoms with E-state index in [-0.39, 0.29) is 41.4 Å². The number of amides is 2. The minimum atomic E-state index is -0.617. The number of nitro groups is 1. The number of carbonyl (C=O) groups is 2. The Morgan fingerprint density at radius 1 is 1.30 bits per heavy atom. The molecular formula is C14H20ClN4O4+. The van der Waals surface area contributed by atoms with Crippen LogP contribution in [0.1, 0.15) is 13.8 Å². The third kappa shape index (κ3) is 6.62. The number of rotatable bonds is 7. The van der Waals surface area contributed by atoms with Gasteiger partial charge in [-0.25, -0.2) is 0 Å². The summed E-state index contributed by atoms with van der Waals surface area (Å²) in [7, 11) is 1.69. The topological polar surface area (TPSA) is 106 Å². The lowest BCUT2D eigenvalue weighted by Crippen LogP contribution is -3.11. The van der Waals surface area contributed by atoms with Crippen molar-refractivity contribution in [2.24, 2.45) is 0 Å². The molecule has 8 nitrogen and oxygen atoms in total. The van der Waals surface area contributed by atoms with Crippen molar-refractivity contribution < 1.29 is 19.4 Å². The second kappa shape index (κ2) is 8.44. The summed E-state index contributed by atoms with van der Waals surface area (Å²) in [5.74, 6) is -0.590. The highest BCUT2D eigenvalue weighted by Crippen LogP contribution is 2.27. The number of anilines is 1. The molecule has 0 aliphatic carbocycles. The number of likely N-dealkylation sites (N-methyl/N-ethyl adjacent to an activating group) is 1. The van der Waals surface area contributed by atoms with Gasteiger partial charge in [-0.2, -0.15) is 0 Å². The van der Waals surface area contributed by atoms with Crippen molar-refractivity contribution >= 4 is 34.8 Å². The number of hydrogen-bond donors (Lipinski definition) is 3. The summed E-state index contributed by atoms with van der Waals surface area (Å²) in [5, 5.41) is 16.4. The van der Waals surface area contributed by atoms with Gasteiger partial charge in [-0.1, -0.05) is 11.6 Å². The van der Waals surface area contributed by atoms with E-state index in [1.807, 2.05) is 13.8 Å². The van der Waals surface area contributed by atoms with Crippen LogP contribution in [0.3, 0.4) is 0 Å². The predicted molar refractivity (Wildman–Crippen MR) is 86.6 cm³/mol. The molecule has 1 aromatic rings. The molecule has 23 heavy (non-hydrogen) atoms. The van der Waals surface area contributed by atoms with Crippen LogP contribution in [0, 0.1) is 10.1 Å². The molecule has 0 bridgehead atoms. The van der Waals surface area contributed by atoms with Crippen LogP contribution in [0.4, 0.5) is 11.4 Å². The Hall–Kier alpha value is -2.19. The zero-order chi connectivity index (χ0) is 17.6. The van der Waals surface area contributed by atoms with Crippen LogP contribution in [0.5, 0.6) is 0 Å². The normalized spacial score (nSPS) is 11.9. The van der Waals surface area contributed by atoms with Gasteiger partial charge in [-0.05, 0) is 26.0 Å². The first kappa shape index (κ1) is 18.9. The van der Waals surface area contributed by atoms with Crippen LogP contribution in [-0.4, -0.2) is 42.9 Å². The Morgan fingerprint density at radius 2 is 1.91 bits per heavy atom. The van der Waals surface area contributed by atoms with E-state index in [1.165, 1.54) is 18.2 Å². The molecule has 1 atom stereocenters. The molecular weight excluding hydrogens is 324 g/mol. The Labute approximate surface area is 138 Å². The van der Waals surface area contributed by atoms with Gasteiger partial charge in [0, 0.05) is 17.1 Å². The van der Waals surface area contributed by atoms with E-state index in [0.717, 1.165) is 0 Å². The van der Waals surface area contributed by atoms with Gasteiger partial charge >= 0.3 is 0 Å². The highest BCUT2D eigenvalue weighted by atomic mass is 35.5. The van der Waals surface area contributed by atoms with Gasteiger partial charge in [0.1, 0.15) is 5.69 Å². The molecule has 126 valence electrons. The van der Waals surface area contributed by atoms with Crippen LogP contribution in [0.2, 0.25) is 5.02 Å². The van der Waals surface area contributed by atoms with Crippen molar-refractivity contribution in [1.29, 1.82) is 0 Å². The average molecular weight is 344 g/mol. The number of carbonyl (C=O) groups excluding carboxylic acids is 2. The molecule has 1 unspecified atom stereocenters. The van der Waals surface area contributed by atoms with Gasteiger partial charge in [0.25, 0.3) is 17.5 Å². The summed E-state index contributed by atoms with van der Waals surface area (Å²) in [4.78, 5) is 34.6. The lowest BCUT2D eigenvalue weighted by molar-refractivity contribution is -0.862. The fraction of sp³-hybridized carbons (Fsp3) is 0.429. The van der Waals surface area contributed by atoms with E-state index in [0.29, 0.717) is 4.90 Å². The van der Waals surface area contributed by atoms with Crippen molar-refractivity contribution in [3.05, 3.63) is 33.3 Å². The Bertz CT molecular complexity index is 606. The fourth-order valence-electron chi connectivity index (χ4n) is 1.94. The molecule has 3 N–H and O–H groups in total. The molecule has 0 heterocycles. The number of nitro benzene ring substituents is 1. The first-order valence-corrected chi connectivity index (χ1v) is 7.41. The minimum absolute atomic E-state index is 0.00525. The Kier molecular flexibility index (Phi) is 6.92. The molecule has 0 aromatic heterocycles. The molecule has 0 aliphatic heterocycles. The quantitative estimate of drug-likeness (QED) is 0.486. The molecule has 0 aliphatic rings. The van der Waals surface area contributed by atoms with E-state index >= 15 is 0 Å². The average Bonchev–Trinajstić information content (AvgIpc) is 2.38. The number of hydrogen-bond acceptors (Lipinski definition) is 4. The molecule has 0 spiro atoms. The summed E-state index contributed by atoms with van der Waals surface area (Å²) in [6.07, 6.45) is 0. The van der Waals surface area contributed by atoms with Gasteiger partial charge < -0.3 is 15.5 Å². The highest BCUT2D eigenvalue weighted by Gasteiger charge is 2.19. The molecule has 0 fully saturated rings. The summed E-state index contributed by atoms with van der Waals surface area (Å²) in [6, 6.07) is 4.03. The first-order chi connectivity index (χ1) is 10.7. The monoisotopic (exact) mass is 343 g/mol. The van der Waals surface area contributed by atoms with Crippen LogP contribution in [0.15, 0.2) is 18.2 Å². The van der Waals surface area contributed by atoms with Crippen molar-refractivity contribution in [2.75, 3.05) is 25.5 Å². The van der Waals surface area contributed by atoms with Crippen molar-refractivity contribution in [3.8, 4) is 0 Å². The summed E-state index contributed by atoms with van der Waals surface area (Å²) < 4.78 is 0. The Morgan fingerprint density at radius 3 is 2.48 bits per heavy atom. The van der Waals surface area contributed by atoms with Crippen LogP contribution < -0.4 is 15.5 Å². The van der Waals surface area contributed by atoms with E-state index < -0.39 is 10.8 Å². The molecule has 0 saturated carbocycles. The third-order valence-electron chi connectivity index (χ3n) is 2.80. The summed E-state index contributed by atoms with van der Waals surface area (Å²) in [5.41, 5.74) is -0.204. The summed E-state index contributed by atoms with van der Waals surface area (Å²) in [6.45, 7) is 3.83. The van der Waals surface area contributed by atoms with Crippen LogP contribution in [0.25, 0.3) is 0 Å². The van der Waals surface area contributed by atoms with Crippen molar-refractivity contribution in [1.82, 2.24) is 5.32 Å². The highest BCUT2D eigenvalue weighted by molar-refractivity contribution is 6.31. The second-order valence-electron chi connectivity index (χ2n) is 5.50. The SMILES string of the molecule is CC(C)NC(=O)C[NH+](C)CC(=O)Nc1ccc(Cl)cc1[N+](=O)[O-]. The predicted octanol–water partition coefficient (Wildman–Crippen LogP) is 0.226. The standard InChI is InChI=1S/C14H19ClN4O4/c1-9(2)16-13(20)7-18(3)8-14(21)17-11-5-4-10(15)6-12(11)19(22)23/h4-6,9H,7-8H2,1-3H3,(H,16,20)(H,17,21)/p+1. The molecule has 2 amide bonds. The molecule has 1 aromatic carbocycles. The number of nitrogens with zero attached hydrogens (tertiary/aromatic N) is 1. The zero-order valence-electron chi connectivity index (χ0n) is 13.2. The van der Waals surface area contributed by atoms with Crippen molar-refractivity contribution in [3.63, 3.8) is 0 Å². The van der Waals surface area contributed by atoms with E-state index in [9.17, 15) is 19.7 Å². The second-order valence-corrected chi connectivity index (χ2v) is 5.94. The van der Waals surface area contributed by atoms with Crippen LogP contribution >= 0.6 is 11.6 Å². The Balaban J connectivity index is 2.63. The van der Waals surface area contributed by atoms with Gasteiger partial charge in [-0.15, -0.1) is 0 Å². The smallest absolute Gasteiger partial charge is 0.294 e.